The van der Waals surface area contributed by atoms with Gasteiger partial charge < -0.3 is 9.32 Å². The van der Waals surface area contributed by atoms with E-state index in [2.05, 4.69) is 4.72 Å². The van der Waals surface area contributed by atoms with Crippen LogP contribution in [-0.2, 0) is 21.9 Å². The first-order valence-corrected chi connectivity index (χ1v) is 9.09. The molecule has 0 aliphatic carbocycles. The Morgan fingerprint density at radius 3 is 2.62 bits per heavy atom. The molecule has 1 amide bonds. The van der Waals surface area contributed by atoms with Crippen LogP contribution in [0.2, 0.25) is 0 Å². The van der Waals surface area contributed by atoms with Gasteiger partial charge in [0.1, 0.15) is 0 Å². The number of nitrogens with one attached hydrogen (secondary N) is 1. The van der Waals surface area contributed by atoms with Crippen molar-refractivity contribution in [3.63, 3.8) is 0 Å². The zero-order chi connectivity index (χ0) is 17.6. The lowest BCUT2D eigenvalue weighted by molar-refractivity contribution is -0.129. The van der Waals surface area contributed by atoms with Crippen molar-refractivity contribution in [2.75, 3.05) is 6.54 Å². The zero-order valence-electron chi connectivity index (χ0n) is 13.6. The van der Waals surface area contributed by atoms with E-state index in [0.29, 0.717) is 17.6 Å². The van der Waals surface area contributed by atoms with Crippen molar-refractivity contribution >= 4 is 27.0 Å². The average molecular weight is 353 g/mol. The van der Waals surface area contributed by atoms with Crippen LogP contribution in [0, 0.1) is 0 Å². The average Bonchev–Trinajstić information content (AvgIpc) is 2.99. The first kappa shape index (κ1) is 16.7. The van der Waals surface area contributed by atoms with Crippen LogP contribution >= 0.6 is 0 Å². The summed E-state index contributed by atoms with van der Waals surface area (Å²) in [4.78, 5) is 25.1. The fraction of sp³-hybridized carbons (Fsp3) is 0.467. The molecule has 9 heteroatoms. The van der Waals surface area contributed by atoms with E-state index in [1.807, 2.05) is 13.8 Å². The van der Waals surface area contributed by atoms with E-state index in [4.69, 9.17) is 4.42 Å². The molecule has 0 bridgehead atoms. The highest BCUT2D eigenvalue weighted by Crippen LogP contribution is 2.20. The highest BCUT2D eigenvalue weighted by Gasteiger charge is 2.34. The Balaban J connectivity index is 1.87. The van der Waals surface area contributed by atoms with Gasteiger partial charge >= 0.3 is 5.76 Å². The first-order valence-electron chi connectivity index (χ1n) is 7.60. The van der Waals surface area contributed by atoms with E-state index in [0.717, 1.165) is 0 Å². The van der Waals surface area contributed by atoms with Gasteiger partial charge in [-0.05, 0) is 32.0 Å². The normalized spacial score (nSPS) is 18.9. The van der Waals surface area contributed by atoms with Crippen molar-refractivity contribution in [3.05, 3.63) is 28.7 Å². The third kappa shape index (κ3) is 2.84. The number of hydrogen-bond donors (Lipinski definition) is 1. The van der Waals surface area contributed by atoms with Crippen molar-refractivity contribution in [2.45, 2.75) is 37.2 Å². The summed E-state index contributed by atoms with van der Waals surface area (Å²) in [5, 5.41) is 0. The van der Waals surface area contributed by atoms with Gasteiger partial charge in [-0.15, -0.1) is 0 Å². The van der Waals surface area contributed by atoms with Crippen LogP contribution in [0.15, 0.2) is 32.3 Å². The molecule has 2 aromatic rings. The van der Waals surface area contributed by atoms with Crippen molar-refractivity contribution in [2.24, 2.45) is 7.05 Å². The van der Waals surface area contributed by atoms with E-state index in [-0.39, 0.29) is 23.3 Å². The molecule has 1 aliphatic heterocycles. The molecule has 3 rings (SSSR count). The minimum Gasteiger partial charge on any atom is -0.408 e. The molecule has 0 radical (unpaired) electrons. The van der Waals surface area contributed by atoms with Crippen LogP contribution in [0.25, 0.3) is 11.1 Å². The van der Waals surface area contributed by atoms with Gasteiger partial charge in [0, 0.05) is 32.1 Å². The Kier molecular flexibility index (Phi) is 4.00. The lowest BCUT2D eigenvalue weighted by atomic mass is 10.3. The number of nitrogens with zero attached hydrogens (tertiary/aromatic N) is 2. The maximum absolute atomic E-state index is 12.6. The summed E-state index contributed by atoms with van der Waals surface area (Å²) in [6.07, 6.45) is 0.143. The molecule has 1 fully saturated rings. The van der Waals surface area contributed by atoms with Gasteiger partial charge in [-0.25, -0.2) is 17.9 Å². The smallest absolute Gasteiger partial charge is 0.408 e. The molecule has 8 nitrogen and oxygen atoms in total. The molecule has 1 saturated heterocycles. The van der Waals surface area contributed by atoms with Crippen LogP contribution in [0.4, 0.5) is 0 Å². The number of aryl methyl sites for hydroxylation is 1. The lowest BCUT2D eigenvalue weighted by Gasteiger charge is -2.21. The molecule has 1 atom stereocenters. The molecule has 1 aromatic heterocycles. The summed E-state index contributed by atoms with van der Waals surface area (Å²) in [7, 11) is -2.29. The van der Waals surface area contributed by atoms with Gasteiger partial charge in [-0.2, -0.15) is 0 Å². The number of carbonyl (C=O) groups is 1. The standard InChI is InChI=1S/C15H19N3O5S/c1-9(2)18-8-10(6-14(18)19)16-24(21,22)11-4-5-13-12(7-11)17(3)15(20)23-13/h4-5,7,9-10,16H,6,8H2,1-3H3. The number of likely N-dealkylation sites (tertiary alicyclic amines) is 1. The molecule has 24 heavy (non-hydrogen) atoms. The maximum atomic E-state index is 12.6. The van der Waals surface area contributed by atoms with E-state index < -0.39 is 21.8 Å². The van der Waals surface area contributed by atoms with Crippen LogP contribution < -0.4 is 10.5 Å². The number of rotatable bonds is 4. The summed E-state index contributed by atoms with van der Waals surface area (Å²) >= 11 is 0. The van der Waals surface area contributed by atoms with Crippen LogP contribution in [0.5, 0.6) is 0 Å². The van der Waals surface area contributed by atoms with E-state index in [9.17, 15) is 18.0 Å². The fourth-order valence-corrected chi connectivity index (χ4v) is 4.12. The van der Waals surface area contributed by atoms with Gasteiger partial charge in [0.25, 0.3) is 0 Å². The molecular formula is C15H19N3O5S. The second-order valence-electron chi connectivity index (χ2n) is 6.22. The third-order valence-corrected chi connectivity index (χ3v) is 5.69. The largest absolute Gasteiger partial charge is 0.419 e. The second-order valence-corrected chi connectivity index (χ2v) is 7.93. The molecular weight excluding hydrogens is 334 g/mol. The van der Waals surface area contributed by atoms with E-state index in [1.165, 1.54) is 29.8 Å². The predicted octanol–water partition coefficient (Wildman–Crippen LogP) is 0.419. The Hall–Kier alpha value is -2.13. The second kappa shape index (κ2) is 5.75. The number of fused-ring (bicyclic) bond motifs is 1. The number of sulfonamides is 1. The molecule has 2 heterocycles. The summed E-state index contributed by atoms with van der Waals surface area (Å²) in [5.74, 6) is -0.619. The van der Waals surface area contributed by atoms with Gasteiger partial charge in [-0.1, -0.05) is 0 Å². The van der Waals surface area contributed by atoms with Gasteiger partial charge in [0.05, 0.1) is 10.4 Å². The first-order chi connectivity index (χ1) is 11.2. The number of benzene rings is 1. The van der Waals surface area contributed by atoms with Crippen LogP contribution in [-0.4, -0.2) is 42.4 Å². The maximum Gasteiger partial charge on any atom is 0.419 e. The number of carbonyl (C=O) groups excluding carboxylic acids is 1. The van der Waals surface area contributed by atoms with E-state index in [1.54, 1.807) is 4.90 Å². The fourth-order valence-electron chi connectivity index (χ4n) is 2.87. The molecule has 1 unspecified atom stereocenters. The van der Waals surface area contributed by atoms with Crippen LogP contribution in [0.1, 0.15) is 20.3 Å². The summed E-state index contributed by atoms with van der Waals surface area (Å²) in [5.41, 5.74) is 0.720. The minimum atomic E-state index is -3.80. The molecule has 130 valence electrons. The molecule has 0 saturated carbocycles. The van der Waals surface area contributed by atoms with E-state index >= 15 is 0 Å². The monoisotopic (exact) mass is 353 g/mol. The third-order valence-electron chi connectivity index (χ3n) is 4.18. The number of amides is 1. The highest BCUT2D eigenvalue weighted by molar-refractivity contribution is 7.89. The summed E-state index contributed by atoms with van der Waals surface area (Å²) in [6, 6.07) is 3.79. The molecule has 0 spiro atoms. The molecule has 1 aliphatic rings. The van der Waals surface area contributed by atoms with Crippen molar-refractivity contribution in [1.82, 2.24) is 14.2 Å². The number of aromatic nitrogens is 1. The molecule has 1 N–H and O–H groups in total. The molecule has 1 aromatic carbocycles. The quantitative estimate of drug-likeness (QED) is 0.858. The number of hydrogen-bond acceptors (Lipinski definition) is 5. The predicted molar refractivity (Wildman–Crippen MR) is 87.0 cm³/mol. The van der Waals surface area contributed by atoms with Gasteiger partial charge in [0.2, 0.25) is 15.9 Å². The summed E-state index contributed by atoms with van der Waals surface area (Å²) < 4.78 is 34.0. The SMILES string of the molecule is CC(C)N1CC(NS(=O)(=O)c2ccc3oc(=O)n(C)c3c2)CC1=O. The van der Waals surface area contributed by atoms with Gasteiger partial charge in [-0.3, -0.25) is 9.36 Å². The van der Waals surface area contributed by atoms with Crippen LogP contribution in [0.3, 0.4) is 0 Å². The zero-order valence-corrected chi connectivity index (χ0v) is 14.5. The Morgan fingerprint density at radius 2 is 2.00 bits per heavy atom. The Labute approximate surface area is 139 Å². The van der Waals surface area contributed by atoms with Crippen molar-refractivity contribution in [1.29, 1.82) is 0 Å². The van der Waals surface area contributed by atoms with Gasteiger partial charge in [0.15, 0.2) is 5.58 Å². The highest BCUT2D eigenvalue weighted by atomic mass is 32.2. The van der Waals surface area contributed by atoms with Crippen molar-refractivity contribution in [3.8, 4) is 0 Å². The van der Waals surface area contributed by atoms with Crippen molar-refractivity contribution < 1.29 is 17.6 Å². The number of oxazole rings is 1. The minimum absolute atomic E-state index is 0.0295. The summed E-state index contributed by atoms with van der Waals surface area (Å²) in [6.45, 7) is 4.13. The Morgan fingerprint density at radius 1 is 1.29 bits per heavy atom. The lowest BCUT2D eigenvalue weighted by Crippen LogP contribution is -2.38. The Bertz CT molecular complexity index is 957. The topological polar surface area (TPSA) is 102 Å².